The maximum Gasteiger partial charge on any atom is 0.199 e. The van der Waals surface area contributed by atoms with Crippen molar-refractivity contribution in [1.29, 1.82) is 0 Å². The molecule has 1 fully saturated rings. The highest BCUT2D eigenvalue weighted by molar-refractivity contribution is 5.14. The minimum atomic E-state index is -1.14. The molecule has 158 valence electrons. The fourth-order valence-electron chi connectivity index (χ4n) is 3.55. The molecule has 5 atom stereocenters. The molecule has 0 aromatic heterocycles. The Hall–Kier alpha value is -1.80. The number of benzene rings is 2. The van der Waals surface area contributed by atoms with Gasteiger partial charge in [-0.1, -0.05) is 67.6 Å². The van der Waals surface area contributed by atoms with Crippen molar-refractivity contribution in [2.75, 3.05) is 20.8 Å². The summed E-state index contributed by atoms with van der Waals surface area (Å²) in [5.41, 5.74) is 2.06. The van der Waals surface area contributed by atoms with E-state index in [9.17, 15) is 5.11 Å². The molecule has 0 spiro atoms. The van der Waals surface area contributed by atoms with E-state index in [1.54, 1.807) is 7.11 Å². The molecule has 0 radical (unpaired) electrons. The third-order valence-electron chi connectivity index (χ3n) is 5.40. The highest BCUT2D eigenvalue weighted by Gasteiger charge is 2.54. The normalized spacial score (nSPS) is 29.7. The van der Waals surface area contributed by atoms with Crippen LogP contribution in [-0.4, -0.2) is 50.2 Å². The topological polar surface area (TPSA) is 66.4 Å². The third-order valence-corrected chi connectivity index (χ3v) is 5.40. The minimum Gasteiger partial charge on any atom is -0.390 e. The number of ether oxygens (including phenoxy) is 5. The summed E-state index contributed by atoms with van der Waals surface area (Å²) in [6.07, 6.45) is -2.28. The van der Waals surface area contributed by atoms with Gasteiger partial charge in [-0.3, -0.25) is 0 Å². The maximum absolute atomic E-state index is 11.0. The number of hydrogen-bond donors (Lipinski definition) is 1. The molecule has 3 rings (SSSR count). The van der Waals surface area contributed by atoms with Gasteiger partial charge in [0, 0.05) is 20.1 Å². The predicted molar refractivity (Wildman–Crippen MR) is 108 cm³/mol. The summed E-state index contributed by atoms with van der Waals surface area (Å²) in [6.45, 7) is 2.79. The summed E-state index contributed by atoms with van der Waals surface area (Å²) >= 11 is 0. The molecule has 0 amide bonds. The van der Waals surface area contributed by atoms with Gasteiger partial charge in [0.05, 0.1) is 19.3 Å². The van der Waals surface area contributed by atoms with Crippen LogP contribution in [0.3, 0.4) is 0 Å². The summed E-state index contributed by atoms with van der Waals surface area (Å²) in [7, 11) is 3.07. The van der Waals surface area contributed by atoms with E-state index in [1.165, 1.54) is 7.11 Å². The lowest BCUT2D eigenvalue weighted by molar-refractivity contribution is -0.396. The molecule has 0 saturated carbocycles. The van der Waals surface area contributed by atoms with Gasteiger partial charge in [-0.25, -0.2) is 0 Å². The number of methoxy groups -OCH3 is 2. The van der Waals surface area contributed by atoms with Crippen molar-refractivity contribution < 1.29 is 28.8 Å². The van der Waals surface area contributed by atoms with Gasteiger partial charge in [-0.15, -0.1) is 0 Å². The van der Waals surface area contributed by atoms with Gasteiger partial charge in [-0.2, -0.15) is 0 Å². The average molecular weight is 402 g/mol. The van der Waals surface area contributed by atoms with E-state index in [0.29, 0.717) is 13.2 Å². The van der Waals surface area contributed by atoms with Crippen molar-refractivity contribution in [2.24, 2.45) is 5.92 Å². The molecule has 6 nitrogen and oxygen atoms in total. The van der Waals surface area contributed by atoms with E-state index in [1.807, 2.05) is 67.6 Å². The van der Waals surface area contributed by atoms with Crippen LogP contribution < -0.4 is 0 Å². The number of hydrogen-bond acceptors (Lipinski definition) is 6. The second-order valence-corrected chi connectivity index (χ2v) is 7.26. The standard InChI is InChI=1S/C23H30O6/c1-17-20(24)21(28-15-19-12-8-5-9-13-19)22(25-2)29-23(17,26-3)16-27-14-18-10-6-4-7-11-18/h4-13,17,20-22,24H,14-16H2,1-3H3/t17-,20+,21-,22-,23-/m1/s1. The fourth-order valence-corrected chi connectivity index (χ4v) is 3.55. The van der Waals surface area contributed by atoms with Gasteiger partial charge < -0.3 is 28.8 Å². The molecule has 29 heavy (non-hydrogen) atoms. The summed E-state index contributed by atoms with van der Waals surface area (Å²) in [5, 5.41) is 11.0. The van der Waals surface area contributed by atoms with Crippen LogP contribution in [0.4, 0.5) is 0 Å². The van der Waals surface area contributed by atoms with Gasteiger partial charge in [0.25, 0.3) is 0 Å². The van der Waals surface area contributed by atoms with Crippen LogP contribution in [0.1, 0.15) is 18.1 Å². The highest BCUT2D eigenvalue weighted by atomic mass is 16.8. The van der Waals surface area contributed by atoms with Crippen LogP contribution in [0.25, 0.3) is 0 Å². The van der Waals surface area contributed by atoms with Crippen LogP contribution in [-0.2, 0) is 36.9 Å². The first-order chi connectivity index (χ1) is 14.1. The van der Waals surface area contributed by atoms with Gasteiger partial charge in [-0.05, 0) is 11.1 Å². The van der Waals surface area contributed by atoms with Crippen molar-refractivity contribution in [3.8, 4) is 0 Å². The molecular formula is C23H30O6. The Balaban J connectivity index is 1.65. The summed E-state index contributed by atoms with van der Waals surface area (Å²) < 4.78 is 29.2. The largest absolute Gasteiger partial charge is 0.390 e. The molecule has 1 N–H and O–H groups in total. The molecule has 1 heterocycles. The Bertz CT molecular complexity index is 723. The molecule has 1 aliphatic heterocycles. The maximum atomic E-state index is 11.0. The first kappa shape index (κ1) is 21.9. The van der Waals surface area contributed by atoms with Crippen LogP contribution in [0.5, 0.6) is 0 Å². The van der Waals surface area contributed by atoms with Crippen LogP contribution in [0, 0.1) is 5.92 Å². The SMILES string of the molecule is CO[C@@H]1O[C@@](COCc2ccccc2)(OC)[C@H](C)[C@H](O)[C@H]1OCc1ccccc1. The van der Waals surface area contributed by atoms with Crippen LogP contribution >= 0.6 is 0 Å². The molecule has 1 saturated heterocycles. The molecule has 2 aromatic rings. The third kappa shape index (κ3) is 5.22. The molecule has 1 aliphatic rings. The quantitative estimate of drug-likeness (QED) is 0.695. The Labute approximate surface area is 172 Å². The zero-order chi connectivity index (χ0) is 20.7. The minimum absolute atomic E-state index is 0.155. The van der Waals surface area contributed by atoms with E-state index >= 15 is 0 Å². The average Bonchev–Trinajstić information content (AvgIpc) is 2.77. The van der Waals surface area contributed by atoms with Gasteiger partial charge in [0.2, 0.25) is 0 Å². The lowest BCUT2D eigenvalue weighted by Gasteiger charge is -2.49. The summed E-state index contributed by atoms with van der Waals surface area (Å²) in [4.78, 5) is 0. The Morgan fingerprint density at radius 3 is 2.07 bits per heavy atom. The van der Waals surface area contributed by atoms with Gasteiger partial charge >= 0.3 is 0 Å². The number of rotatable bonds is 9. The number of aliphatic hydroxyl groups excluding tert-OH is 1. The zero-order valence-corrected chi connectivity index (χ0v) is 17.2. The lowest BCUT2D eigenvalue weighted by Crippen LogP contribution is -2.63. The zero-order valence-electron chi connectivity index (χ0n) is 17.2. The Morgan fingerprint density at radius 1 is 0.931 bits per heavy atom. The van der Waals surface area contributed by atoms with Crippen molar-refractivity contribution in [3.63, 3.8) is 0 Å². The highest BCUT2D eigenvalue weighted by Crippen LogP contribution is 2.37. The predicted octanol–water partition coefficient (Wildman–Crippen LogP) is 3.13. The fraction of sp³-hybridized carbons (Fsp3) is 0.478. The molecular weight excluding hydrogens is 372 g/mol. The monoisotopic (exact) mass is 402 g/mol. The second kappa shape index (κ2) is 10.3. The summed E-state index contributed by atoms with van der Waals surface area (Å²) in [6, 6.07) is 19.7. The Morgan fingerprint density at radius 2 is 1.52 bits per heavy atom. The molecule has 0 aliphatic carbocycles. The second-order valence-electron chi connectivity index (χ2n) is 7.26. The lowest BCUT2D eigenvalue weighted by atomic mass is 9.87. The first-order valence-corrected chi connectivity index (χ1v) is 9.80. The van der Waals surface area contributed by atoms with Crippen molar-refractivity contribution in [3.05, 3.63) is 71.8 Å². The van der Waals surface area contributed by atoms with E-state index in [4.69, 9.17) is 23.7 Å². The van der Waals surface area contributed by atoms with Crippen molar-refractivity contribution in [2.45, 2.75) is 44.4 Å². The molecule has 6 heteroatoms. The van der Waals surface area contributed by atoms with Crippen molar-refractivity contribution in [1.82, 2.24) is 0 Å². The van der Waals surface area contributed by atoms with E-state index in [2.05, 4.69) is 0 Å². The number of aliphatic hydroxyl groups is 1. The van der Waals surface area contributed by atoms with Crippen LogP contribution in [0.2, 0.25) is 0 Å². The Kier molecular flexibility index (Phi) is 7.77. The van der Waals surface area contributed by atoms with E-state index in [0.717, 1.165) is 11.1 Å². The van der Waals surface area contributed by atoms with Crippen molar-refractivity contribution >= 4 is 0 Å². The summed E-state index contributed by atoms with van der Waals surface area (Å²) in [5.74, 6) is -1.53. The molecule has 0 unspecified atom stereocenters. The van der Waals surface area contributed by atoms with Gasteiger partial charge in [0.1, 0.15) is 12.7 Å². The van der Waals surface area contributed by atoms with Crippen LogP contribution in [0.15, 0.2) is 60.7 Å². The van der Waals surface area contributed by atoms with E-state index < -0.39 is 30.2 Å². The molecule has 0 bridgehead atoms. The first-order valence-electron chi connectivity index (χ1n) is 9.80. The molecule has 2 aromatic carbocycles. The van der Waals surface area contributed by atoms with E-state index in [-0.39, 0.29) is 6.61 Å². The smallest absolute Gasteiger partial charge is 0.199 e. The van der Waals surface area contributed by atoms with Gasteiger partial charge in [0.15, 0.2) is 12.1 Å².